The average Bonchev–Trinajstić information content (AvgIpc) is 3.35. The third kappa shape index (κ3) is 8.05. The van der Waals surface area contributed by atoms with Crippen molar-refractivity contribution in [1.29, 1.82) is 0 Å². The van der Waals surface area contributed by atoms with E-state index in [-0.39, 0.29) is 51.8 Å². The van der Waals surface area contributed by atoms with E-state index in [4.69, 9.17) is 21.1 Å². The van der Waals surface area contributed by atoms with Crippen LogP contribution < -0.4 is 19.9 Å². The standard InChI is InChI=1S/C34H35ClF2N6O6S/c1-34(2,3)49-33(45)39-26(17-21-15-22(36)18-23(37)16-21)31-38-14-13-28(44)43(31)27-12-11-25(35)29-30(27)41(4)40-32(29)42(50(6,46)47)19-20-7-9-24(48-5)10-8-20/h7-16,18,26H,17,19H2,1-6H3,(H,39,45). The summed E-state index contributed by atoms with van der Waals surface area (Å²) in [4.78, 5) is 31.2. The van der Waals surface area contributed by atoms with Crippen LogP contribution in [0, 0.1) is 11.6 Å². The maximum Gasteiger partial charge on any atom is 0.408 e. The van der Waals surface area contributed by atoms with Gasteiger partial charge in [-0.05, 0) is 68.3 Å². The number of hydrogen-bond donors (Lipinski definition) is 1. The maximum atomic E-state index is 14.3. The molecule has 0 spiro atoms. The molecule has 0 aliphatic carbocycles. The number of alkyl carbamates (subject to hydrolysis) is 1. The van der Waals surface area contributed by atoms with E-state index in [2.05, 4.69) is 15.4 Å². The number of fused-ring (bicyclic) bond motifs is 1. The summed E-state index contributed by atoms with van der Waals surface area (Å²) in [5.74, 6) is -1.08. The monoisotopic (exact) mass is 728 g/mol. The smallest absolute Gasteiger partial charge is 0.408 e. The largest absolute Gasteiger partial charge is 0.497 e. The van der Waals surface area contributed by atoms with Gasteiger partial charge in [-0.2, -0.15) is 5.10 Å². The summed E-state index contributed by atoms with van der Waals surface area (Å²) in [6, 6.07) is 12.8. The number of methoxy groups -OCH3 is 1. The normalized spacial score (nSPS) is 12.5. The Kier molecular flexibility index (Phi) is 10.2. The molecule has 2 heterocycles. The molecule has 1 atom stereocenters. The SMILES string of the molecule is COc1ccc(CN(c2nn(C)c3c(-n4c(C(Cc5cc(F)cc(F)c5)NC(=O)OC(C)(C)C)nccc4=O)ccc(Cl)c23)S(C)(=O)=O)cc1. The van der Waals surface area contributed by atoms with Gasteiger partial charge in [0, 0.05) is 31.8 Å². The average molecular weight is 729 g/mol. The van der Waals surface area contributed by atoms with Gasteiger partial charge in [0.1, 0.15) is 28.8 Å². The van der Waals surface area contributed by atoms with Crippen LogP contribution in [-0.2, 0) is 34.8 Å². The third-order valence-electron chi connectivity index (χ3n) is 7.50. The highest BCUT2D eigenvalue weighted by Crippen LogP contribution is 2.38. The van der Waals surface area contributed by atoms with E-state index in [0.717, 1.165) is 28.8 Å². The fourth-order valence-corrected chi connectivity index (χ4v) is 6.53. The van der Waals surface area contributed by atoms with Crippen molar-refractivity contribution in [3.05, 3.63) is 111 Å². The van der Waals surface area contributed by atoms with Crippen LogP contribution in [0.15, 0.2) is 71.7 Å². The Morgan fingerprint density at radius 1 is 1.04 bits per heavy atom. The summed E-state index contributed by atoms with van der Waals surface area (Å²) in [6.45, 7) is 4.90. The fourth-order valence-electron chi connectivity index (χ4n) is 5.47. The summed E-state index contributed by atoms with van der Waals surface area (Å²) in [7, 11) is -0.857. The van der Waals surface area contributed by atoms with E-state index in [1.54, 1.807) is 52.1 Å². The van der Waals surface area contributed by atoms with Crippen LogP contribution in [0.4, 0.5) is 19.4 Å². The molecule has 0 fully saturated rings. The van der Waals surface area contributed by atoms with Crippen molar-refractivity contribution in [2.24, 2.45) is 7.05 Å². The topological polar surface area (TPSA) is 138 Å². The van der Waals surface area contributed by atoms with Crippen molar-refractivity contribution < 1.29 is 31.5 Å². The first-order chi connectivity index (χ1) is 23.4. The molecule has 0 saturated heterocycles. The van der Waals surface area contributed by atoms with Gasteiger partial charge in [0.25, 0.3) is 5.56 Å². The maximum absolute atomic E-state index is 14.3. The molecule has 2 aromatic heterocycles. The Morgan fingerprint density at radius 2 is 1.70 bits per heavy atom. The molecule has 1 amide bonds. The molecule has 3 aromatic carbocycles. The van der Waals surface area contributed by atoms with Gasteiger partial charge in [0.15, 0.2) is 5.82 Å². The Balaban J connectivity index is 1.70. The molecule has 12 nitrogen and oxygen atoms in total. The number of halogens is 3. The van der Waals surface area contributed by atoms with Gasteiger partial charge < -0.3 is 14.8 Å². The minimum Gasteiger partial charge on any atom is -0.497 e. The fraction of sp³-hybridized carbons (Fsp3) is 0.294. The third-order valence-corrected chi connectivity index (χ3v) is 8.92. The zero-order valence-electron chi connectivity index (χ0n) is 28.1. The van der Waals surface area contributed by atoms with Crippen LogP contribution in [0.5, 0.6) is 5.75 Å². The molecule has 5 rings (SSSR count). The number of nitrogens with zero attached hydrogens (tertiary/aromatic N) is 5. The summed E-state index contributed by atoms with van der Waals surface area (Å²) >= 11 is 6.74. The number of rotatable bonds is 10. The molecule has 0 bridgehead atoms. The second-order valence-electron chi connectivity index (χ2n) is 12.5. The van der Waals surface area contributed by atoms with Gasteiger partial charge in [-0.3, -0.25) is 14.0 Å². The Hall–Kier alpha value is -5.02. The highest BCUT2D eigenvalue weighted by molar-refractivity contribution is 7.92. The molecule has 50 heavy (non-hydrogen) atoms. The molecule has 1 unspecified atom stereocenters. The van der Waals surface area contributed by atoms with Gasteiger partial charge in [0.05, 0.1) is 47.6 Å². The predicted octanol–water partition coefficient (Wildman–Crippen LogP) is 5.83. The lowest BCUT2D eigenvalue weighted by Gasteiger charge is -2.25. The van der Waals surface area contributed by atoms with E-state index in [1.807, 2.05) is 0 Å². The van der Waals surface area contributed by atoms with Crippen molar-refractivity contribution >= 4 is 44.4 Å². The van der Waals surface area contributed by atoms with Crippen molar-refractivity contribution in [2.45, 2.75) is 45.4 Å². The van der Waals surface area contributed by atoms with E-state index in [9.17, 15) is 26.8 Å². The molecule has 0 radical (unpaired) electrons. The lowest BCUT2D eigenvalue weighted by Crippen LogP contribution is -2.38. The summed E-state index contributed by atoms with van der Waals surface area (Å²) in [5, 5.41) is 7.62. The van der Waals surface area contributed by atoms with E-state index in [1.165, 1.54) is 40.8 Å². The minimum atomic E-state index is -3.94. The lowest BCUT2D eigenvalue weighted by molar-refractivity contribution is 0.0500. The quantitative estimate of drug-likeness (QED) is 0.190. The molecule has 1 N–H and O–H groups in total. The number of hydrogen-bond acceptors (Lipinski definition) is 8. The van der Waals surface area contributed by atoms with Gasteiger partial charge in [-0.1, -0.05) is 23.7 Å². The van der Waals surface area contributed by atoms with Crippen LogP contribution in [0.25, 0.3) is 16.6 Å². The summed E-state index contributed by atoms with van der Waals surface area (Å²) in [5.41, 5.74) is -0.217. The van der Waals surface area contributed by atoms with Crippen LogP contribution in [0.2, 0.25) is 5.02 Å². The van der Waals surface area contributed by atoms with Crippen molar-refractivity contribution in [2.75, 3.05) is 17.7 Å². The van der Waals surface area contributed by atoms with E-state index < -0.39 is 45.0 Å². The van der Waals surface area contributed by atoms with E-state index in [0.29, 0.717) is 11.3 Å². The van der Waals surface area contributed by atoms with Gasteiger partial charge in [-0.25, -0.2) is 31.3 Å². The molecule has 0 aliphatic heterocycles. The van der Waals surface area contributed by atoms with Crippen molar-refractivity contribution in [1.82, 2.24) is 24.6 Å². The Labute approximate surface area is 292 Å². The van der Waals surface area contributed by atoms with Gasteiger partial charge >= 0.3 is 6.09 Å². The number of nitrogens with one attached hydrogen (secondary N) is 1. The van der Waals surface area contributed by atoms with Gasteiger partial charge in [0.2, 0.25) is 10.0 Å². The molecule has 264 valence electrons. The second kappa shape index (κ2) is 14.1. The number of aromatic nitrogens is 4. The number of sulfonamides is 1. The first-order valence-corrected chi connectivity index (χ1v) is 17.5. The zero-order valence-corrected chi connectivity index (χ0v) is 29.6. The number of carbonyl (C=O) groups excluding carboxylic acids is 1. The van der Waals surface area contributed by atoms with Crippen LogP contribution in [0.1, 0.15) is 43.8 Å². The van der Waals surface area contributed by atoms with Crippen molar-refractivity contribution in [3.8, 4) is 11.4 Å². The number of aryl methyl sites for hydroxylation is 1. The van der Waals surface area contributed by atoms with Crippen LogP contribution in [0.3, 0.4) is 0 Å². The van der Waals surface area contributed by atoms with Gasteiger partial charge in [-0.15, -0.1) is 0 Å². The number of benzene rings is 3. The Bertz CT molecular complexity index is 2220. The molecular weight excluding hydrogens is 694 g/mol. The molecule has 16 heteroatoms. The Morgan fingerprint density at radius 3 is 2.30 bits per heavy atom. The minimum absolute atomic E-state index is 0.00447. The molecule has 5 aromatic rings. The molecular formula is C34H35ClF2N6O6S. The highest BCUT2D eigenvalue weighted by atomic mass is 35.5. The second-order valence-corrected chi connectivity index (χ2v) is 14.8. The van der Waals surface area contributed by atoms with Crippen LogP contribution in [-0.4, -0.2) is 52.8 Å². The van der Waals surface area contributed by atoms with Crippen LogP contribution >= 0.6 is 11.6 Å². The molecule has 0 saturated carbocycles. The summed E-state index contributed by atoms with van der Waals surface area (Å²) in [6.07, 6.45) is 1.23. The first-order valence-electron chi connectivity index (χ1n) is 15.2. The van der Waals surface area contributed by atoms with E-state index >= 15 is 0 Å². The zero-order chi connectivity index (χ0) is 36.5. The number of ether oxygens (including phenoxy) is 2. The first kappa shape index (κ1) is 36.3. The lowest BCUT2D eigenvalue weighted by atomic mass is 10.0. The summed E-state index contributed by atoms with van der Waals surface area (Å²) < 4.78 is 69.4. The van der Waals surface area contributed by atoms with Crippen molar-refractivity contribution in [3.63, 3.8) is 0 Å². The number of carbonyl (C=O) groups is 1. The predicted molar refractivity (Wildman–Crippen MR) is 185 cm³/mol. The number of amides is 1. The molecule has 0 aliphatic rings. The number of anilines is 1. The highest BCUT2D eigenvalue weighted by Gasteiger charge is 2.30.